The Morgan fingerprint density at radius 3 is 2.20 bits per heavy atom. The van der Waals surface area contributed by atoms with Crippen molar-refractivity contribution in [2.45, 2.75) is 6.54 Å². The second-order valence-electron chi connectivity index (χ2n) is 6.85. The number of benzene rings is 2. The molecule has 0 radical (unpaired) electrons. The number of rotatable bonds is 6. The van der Waals surface area contributed by atoms with Gasteiger partial charge in [-0.2, -0.15) is 0 Å². The summed E-state index contributed by atoms with van der Waals surface area (Å²) in [5.74, 6) is 2.57. The van der Waals surface area contributed by atoms with Crippen LogP contribution in [0, 0.1) is 5.82 Å². The molecule has 162 valence electrons. The van der Waals surface area contributed by atoms with E-state index in [4.69, 9.17) is 14.2 Å². The Balaban J connectivity index is 1.64. The molecule has 0 saturated carbocycles. The third-order valence-corrected chi connectivity index (χ3v) is 5.21. The van der Waals surface area contributed by atoms with Crippen molar-refractivity contribution in [1.82, 2.24) is 10.2 Å². The zero-order valence-electron chi connectivity index (χ0n) is 17.9. The van der Waals surface area contributed by atoms with E-state index in [2.05, 4.69) is 20.1 Å². The van der Waals surface area contributed by atoms with Gasteiger partial charge in [-0.15, -0.1) is 0 Å². The first-order valence-electron chi connectivity index (χ1n) is 9.85. The third-order valence-electron chi connectivity index (χ3n) is 5.21. The number of nitrogens with zero attached hydrogens (tertiary/aromatic N) is 3. The number of nitrogens with one attached hydrogen (secondary N) is 1. The quantitative estimate of drug-likeness (QED) is 0.577. The van der Waals surface area contributed by atoms with Gasteiger partial charge in [-0.25, -0.2) is 4.39 Å². The number of hydrogen-bond donors (Lipinski definition) is 1. The van der Waals surface area contributed by atoms with Crippen LogP contribution in [-0.2, 0) is 6.54 Å². The van der Waals surface area contributed by atoms with Crippen molar-refractivity contribution in [2.24, 2.45) is 4.99 Å². The molecule has 1 saturated heterocycles. The Kier molecular flexibility index (Phi) is 7.21. The van der Waals surface area contributed by atoms with E-state index in [9.17, 15) is 4.39 Å². The largest absolute Gasteiger partial charge is 0.496 e. The molecule has 3 rings (SSSR count). The van der Waals surface area contributed by atoms with E-state index in [0.29, 0.717) is 29.5 Å². The van der Waals surface area contributed by atoms with E-state index in [1.165, 1.54) is 6.07 Å². The molecule has 0 amide bonds. The van der Waals surface area contributed by atoms with Gasteiger partial charge >= 0.3 is 0 Å². The van der Waals surface area contributed by atoms with Crippen LogP contribution < -0.4 is 24.4 Å². The molecule has 0 atom stereocenters. The van der Waals surface area contributed by atoms with Gasteiger partial charge in [0.05, 0.1) is 27.0 Å². The van der Waals surface area contributed by atoms with Crippen molar-refractivity contribution >= 4 is 11.6 Å². The number of hydrogen-bond acceptors (Lipinski definition) is 5. The van der Waals surface area contributed by atoms with Crippen LogP contribution >= 0.6 is 0 Å². The zero-order valence-corrected chi connectivity index (χ0v) is 17.9. The summed E-state index contributed by atoms with van der Waals surface area (Å²) in [5, 5.41) is 3.39. The lowest BCUT2D eigenvalue weighted by atomic mass is 10.1. The molecule has 0 spiro atoms. The van der Waals surface area contributed by atoms with Gasteiger partial charge in [-0.05, 0) is 18.2 Å². The highest BCUT2D eigenvalue weighted by Crippen LogP contribution is 2.34. The van der Waals surface area contributed by atoms with Crippen LogP contribution in [0.5, 0.6) is 17.2 Å². The summed E-state index contributed by atoms with van der Waals surface area (Å²) in [6, 6.07) is 10.6. The van der Waals surface area contributed by atoms with E-state index < -0.39 is 0 Å². The Bertz CT molecular complexity index is 883. The number of halogens is 1. The number of anilines is 1. The molecule has 8 heteroatoms. The molecule has 0 aromatic heterocycles. The fraction of sp³-hybridized carbons (Fsp3) is 0.409. The Labute approximate surface area is 177 Å². The van der Waals surface area contributed by atoms with Gasteiger partial charge < -0.3 is 29.3 Å². The van der Waals surface area contributed by atoms with Crippen LogP contribution in [0.1, 0.15) is 5.56 Å². The van der Waals surface area contributed by atoms with E-state index in [0.717, 1.165) is 37.7 Å². The first-order valence-corrected chi connectivity index (χ1v) is 9.85. The molecule has 0 aliphatic carbocycles. The van der Waals surface area contributed by atoms with Gasteiger partial charge in [0.15, 0.2) is 17.5 Å². The molecule has 1 fully saturated rings. The van der Waals surface area contributed by atoms with Gasteiger partial charge in [-0.1, -0.05) is 12.1 Å². The van der Waals surface area contributed by atoms with Gasteiger partial charge in [0, 0.05) is 51.4 Å². The van der Waals surface area contributed by atoms with Gasteiger partial charge in [0.1, 0.15) is 11.6 Å². The predicted octanol–water partition coefficient (Wildman–Crippen LogP) is 2.75. The van der Waals surface area contributed by atoms with Gasteiger partial charge in [0.25, 0.3) is 0 Å². The smallest absolute Gasteiger partial charge is 0.194 e. The SMILES string of the molecule is CN=C(NCc1cc(OC)c(OC)cc1OC)N1CCN(c2ccccc2F)CC1. The average molecular weight is 416 g/mol. The molecule has 1 heterocycles. The maximum absolute atomic E-state index is 14.1. The minimum atomic E-state index is -0.186. The summed E-state index contributed by atoms with van der Waals surface area (Å²) in [4.78, 5) is 8.65. The molecule has 7 nitrogen and oxygen atoms in total. The summed E-state index contributed by atoms with van der Waals surface area (Å²) >= 11 is 0. The number of ether oxygens (including phenoxy) is 3. The molecule has 1 aliphatic rings. The first kappa shape index (κ1) is 21.5. The van der Waals surface area contributed by atoms with Crippen molar-refractivity contribution in [2.75, 3.05) is 59.5 Å². The molecule has 30 heavy (non-hydrogen) atoms. The highest BCUT2D eigenvalue weighted by Gasteiger charge is 2.22. The zero-order chi connectivity index (χ0) is 21.5. The highest BCUT2D eigenvalue weighted by atomic mass is 19.1. The molecule has 0 unspecified atom stereocenters. The second kappa shape index (κ2) is 10.0. The standard InChI is InChI=1S/C22H29FN4O3/c1-24-22(25-15-16-13-20(29-3)21(30-4)14-19(16)28-2)27-11-9-26(10-12-27)18-8-6-5-7-17(18)23/h5-8,13-14H,9-12,15H2,1-4H3,(H,24,25). The van der Waals surface area contributed by atoms with Crippen molar-refractivity contribution in [3.8, 4) is 17.2 Å². The monoisotopic (exact) mass is 416 g/mol. The number of piperazine rings is 1. The second-order valence-corrected chi connectivity index (χ2v) is 6.85. The summed E-state index contributed by atoms with van der Waals surface area (Å²) < 4.78 is 30.3. The number of para-hydroxylation sites is 1. The van der Waals surface area contributed by atoms with E-state index in [1.807, 2.05) is 24.3 Å². The number of methoxy groups -OCH3 is 3. The lowest BCUT2D eigenvalue weighted by molar-refractivity contribution is 0.346. The maximum atomic E-state index is 14.1. The fourth-order valence-corrected chi connectivity index (χ4v) is 3.60. The average Bonchev–Trinajstić information content (AvgIpc) is 2.79. The molecule has 2 aromatic carbocycles. The topological polar surface area (TPSA) is 58.6 Å². The van der Waals surface area contributed by atoms with E-state index in [1.54, 1.807) is 34.4 Å². The van der Waals surface area contributed by atoms with E-state index >= 15 is 0 Å². The summed E-state index contributed by atoms with van der Waals surface area (Å²) in [6.07, 6.45) is 0. The number of aliphatic imine (C=N–C) groups is 1. The Morgan fingerprint density at radius 1 is 0.967 bits per heavy atom. The van der Waals surface area contributed by atoms with E-state index in [-0.39, 0.29) is 5.82 Å². The molecule has 1 aliphatic heterocycles. The van der Waals surface area contributed by atoms with Crippen molar-refractivity contribution < 1.29 is 18.6 Å². The molecular weight excluding hydrogens is 387 g/mol. The summed E-state index contributed by atoms with van der Waals surface area (Å²) in [7, 11) is 6.59. The van der Waals surface area contributed by atoms with Gasteiger partial charge in [0.2, 0.25) is 0 Å². The predicted molar refractivity (Wildman–Crippen MR) is 116 cm³/mol. The van der Waals surface area contributed by atoms with Crippen LogP contribution in [0.4, 0.5) is 10.1 Å². The van der Waals surface area contributed by atoms with Crippen LogP contribution in [0.25, 0.3) is 0 Å². The minimum absolute atomic E-state index is 0.186. The summed E-state index contributed by atoms with van der Waals surface area (Å²) in [6.45, 7) is 3.46. The van der Waals surface area contributed by atoms with Crippen molar-refractivity contribution in [3.05, 3.63) is 47.8 Å². The highest BCUT2D eigenvalue weighted by molar-refractivity contribution is 5.80. The molecular formula is C22H29FN4O3. The van der Waals surface area contributed by atoms with Gasteiger partial charge in [-0.3, -0.25) is 4.99 Å². The van der Waals surface area contributed by atoms with Crippen LogP contribution in [0.2, 0.25) is 0 Å². The molecule has 1 N–H and O–H groups in total. The van der Waals surface area contributed by atoms with Crippen LogP contribution in [0.3, 0.4) is 0 Å². The van der Waals surface area contributed by atoms with Crippen molar-refractivity contribution in [1.29, 1.82) is 0 Å². The van der Waals surface area contributed by atoms with Crippen molar-refractivity contribution in [3.63, 3.8) is 0 Å². The first-order chi connectivity index (χ1) is 14.6. The van der Waals surface area contributed by atoms with Crippen LogP contribution in [0.15, 0.2) is 41.4 Å². The minimum Gasteiger partial charge on any atom is -0.496 e. The molecule has 2 aromatic rings. The lowest BCUT2D eigenvalue weighted by Gasteiger charge is -2.37. The number of guanidine groups is 1. The normalized spacial score (nSPS) is 14.5. The Morgan fingerprint density at radius 2 is 1.60 bits per heavy atom. The fourth-order valence-electron chi connectivity index (χ4n) is 3.60. The Hall–Kier alpha value is -3.16. The van der Waals surface area contributed by atoms with Crippen LogP contribution in [-0.4, -0.2) is 65.4 Å². The maximum Gasteiger partial charge on any atom is 0.194 e. The summed E-state index contributed by atoms with van der Waals surface area (Å²) in [5.41, 5.74) is 1.58. The third kappa shape index (κ3) is 4.69. The molecule has 0 bridgehead atoms. The lowest BCUT2D eigenvalue weighted by Crippen LogP contribution is -2.52.